The molecule has 1 saturated carbocycles. The fraction of sp³-hybridized carbons (Fsp3) is 0.500. The molecule has 1 aliphatic carbocycles. The van der Waals surface area contributed by atoms with E-state index in [9.17, 15) is 9.59 Å². The molecule has 214 valence electrons. The van der Waals surface area contributed by atoms with Crippen LogP contribution in [0, 0.1) is 18.8 Å². The van der Waals surface area contributed by atoms with Crippen molar-refractivity contribution < 1.29 is 9.59 Å². The van der Waals surface area contributed by atoms with Gasteiger partial charge in [-0.05, 0) is 91.4 Å². The van der Waals surface area contributed by atoms with Crippen LogP contribution in [0.2, 0.25) is 0 Å². The summed E-state index contributed by atoms with van der Waals surface area (Å²) in [6.07, 6.45) is 6.05. The number of nitrogens with two attached hydrogens (primary N) is 1. The summed E-state index contributed by atoms with van der Waals surface area (Å²) in [7, 11) is 0. The number of piperidine rings is 1. The number of nitrogens with one attached hydrogen (secondary N) is 1. The van der Waals surface area contributed by atoms with E-state index in [1.807, 2.05) is 22.4 Å². The highest BCUT2D eigenvalue weighted by molar-refractivity contribution is 7.12. The van der Waals surface area contributed by atoms with Gasteiger partial charge in [-0.3, -0.25) is 14.5 Å². The minimum absolute atomic E-state index is 0.0172. The van der Waals surface area contributed by atoms with Gasteiger partial charge in [-0.25, -0.2) is 0 Å². The van der Waals surface area contributed by atoms with E-state index in [0.29, 0.717) is 36.2 Å². The number of amides is 2. The Balaban J connectivity index is 1.34. The highest BCUT2D eigenvalue weighted by Gasteiger charge is 2.39. The second-order valence-electron chi connectivity index (χ2n) is 11.5. The lowest BCUT2D eigenvalue weighted by Crippen LogP contribution is -2.57. The zero-order valence-corrected chi connectivity index (χ0v) is 25.1. The molecule has 8 heteroatoms. The topological polar surface area (TPSA) is 78.7 Å². The van der Waals surface area contributed by atoms with Crippen LogP contribution in [0.25, 0.3) is 0 Å². The smallest absolute Gasteiger partial charge is 0.264 e. The van der Waals surface area contributed by atoms with Gasteiger partial charge in [-0.15, -0.1) is 22.7 Å². The molecule has 5 rings (SSSR count). The van der Waals surface area contributed by atoms with Crippen molar-refractivity contribution in [2.24, 2.45) is 17.6 Å². The Labute approximate surface area is 246 Å². The molecule has 2 amide bonds. The van der Waals surface area contributed by atoms with Crippen molar-refractivity contribution in [3.8, 4) is 0 Å². The maximum atomic E-state index is 13.8. The molecule has 40 heavy (non-hydrogen) atoms. The normalized spacial score (nSPS) is 23.3. The van der Waals surface area contributed by atoms with Crippen LogP contribution in [0.3, 0.4) is 0 Å². The summed E-state index contributed by atoms with van der Waals surface area (Å²) in [5.41, 5.74) is 8.55. The van der Waals surface area contributed by atoms with Gasteiger partial charge in [-0.2, -0.15) is 0 Å². The van der Waals surface area contributed by atoms with Crippen LogP contribution in [0.4, 0.5) is 0 Å². The molecule has 3 N–H and O–H groups in total. The summed E-state index contributed by atoms with van der Waals surface area (Å²) in [6.45, 7) is 5.79. The number of rotatable bonds is 10. The molecule has 2 aliphatic rings. The molecule has 1 saturated heterocycles. The average molecular weight is 579 g/mol. The molecule has 0 spiro atoms. The largest absolute Gasteiger partial charge is 0.354 e. The number of thiophene rings is 2. The maximum absolute atomic E-state index is 13.8. The Morgan fingerprint density at radius 2 is 1.77 bits per heavy atom. The lowest BCUT2D eigenvalue weighted by atomic mass is 9.81. The molecule has 2 aromatic heterocycles. The second kappa shape index (κ2) is 13.9. The monoisotopic (exact) mass is 578 g/mol. The van der Waals surface area contributed by atoms with Crippen LogP contribution in [-0.2, 0) is 17.9 Å². The second-order valence-corrected chi connectivity index (χ2v) is 13.4. The van der Waals surface area contributed by atoms with E-state index < -0.39 is 6.04 Å². The van der Waals surface area contributed by atoms with Gasteiger partial charge in [0, 0.05) is 37.1 Å². The van der Waals surface area contributed by atoms with Gasteiger partial charge in [0.15, 0.2) is 0 Å². The summed E-state index contributed by atoms with van der Waals surface area (Å²) < 4.78 is 0. The Kier molecular flexibility index (Phi) is 10.1. The number of aryl methyl sites for hydroxylation is 1. The van der Waals surface area contributed by atoms with Gasteiger partial charge in [0.05, 0.1) is 4.88 Å². The summed E-state index contributed by atoms with van der Waals surface area (Å²) in [5, 5.41) is 7.33. The van der Waals surface area contributed by atoms with Crippen LogP contribution in [-0.4, -0.2) is 53.3 Å². The van der Waals surface area contributed by atoms with E-state index in [4.69, 9.17) is 5.73 Å². The molecule has 2 fully saturated rings. The van der Waals surface area contributed by atoms with Crippen molar-refractivity contribution in [2.75, 3.05) is 19.6 Å². The lowest BCUT2D eigenvalue weighted by molar-refractivity contribution is -0.128. The molecule has 3 heterocycles. The zero-order valence-electron chi connectivity index (χ0n) is 23.5. The van der Waals surface area contributed by atoms with Gasteiger partial charge >= 0.3 is 0 Å². The van der Waals surface area contributed by atoms with E-state index >= 15 is 0 Å². The number of hydrogen-bond acceptors (Lipinski definition) is 6. The first-order chi connectivity index (χ1) is 19.5. The standard InChI is InChI=1S/C32H42N4O2S2/c1-23-7-2-3-10-26(23)21-35(22-28-11-5-15-39-28)27-13-14-36(32(38)30-12-6-16-40-30)29(18-27)31(37)34-20-25-9-4-8-24(17-25)19-33/h2-3,5-7,10-12,15-16,24-25,27,29H,4,8-9,13-14,17-22,33H2,1H3,(H,34,37)/t24?,25?,27?,29-/m1/s1. The summed E-state index contributed by atoms with van der Waals surface area (Å²) in [4.78, 5) is 33.8. The van der Waals surface area contributed by atoms with Crippen LogP contribution < -0.4 is 11.1 Å². The first-order valence-corrected chi connectivity index (χ1v) is 16.4. The molecule has 1 aliphatic heterocycles. The summed E-state index contributed by atoms with van der Waals surface area (Å²) in [5.74, 6) is 0.969. The first-order valence-electron chi connectivity index (χ1n) is 14.6. The van der Waals surface area contributed by atoms with Crippen LogP contribution >= 0.6 is 22.7 Å². The SMILES string of the molecule is Cc1ccccc1CN(Cc1cccs1)C1CCN(C(=O)c2cccs2)[C@@H](C(=O)NCC2CCCC(CN)C2)C1. The molecule has 3 aromatic rings. The number of benzene rings is 1. The number of nitrogens with zero attached hydrogens (tertiary/aromatic N) is 2. The highest BCUT2D eigenvalue weighted by atomic mass is 32.1. The molecule has 4 atom stereocenters. The number of carbonyl (C=O) groups is 2. The number of carbonyl (C=O) groups excluding carboxylic acids is 2. The molecule has 0 radical (unpaired) electrons. The number of likely N-dealkylation sites (tertiary alicyclic amines) is 1. The summed E-state index contributed by atoms with van der Waals surface area (Å²) >= 11 is 3.22. The van der Waals surface area contributed by atoms with Crippen molar-refractivity contribution in [1.82, 2.24) is 15.1 Å². The van der Waals surface area contributed by atoms with E-state index in [1.54, 1.807) is 11.3 Å². The van der Waals surface area contributed by atoms with E-state index in [-0.39, 0.29) is 17.9 Å². The van der Waals surface area contributed by atoms with Crippen molar-refractivity contribution >= 4 is 34.5 Å². The van der Waals surface area contributed by atoms with Gasteiger partial charge in [0.1, 0.15) is 6.04 Å². The third-order valence-electron chi connectivity index (χ3n) is 8.75. The predicted molar refractivity (Wildman–Crippen MR) is 164 cm³/mol. The predicted octanol–water partition coefficient (Wildman–Crippen LogP) is 5.67. The zero-order chi connectivity index (χ0) is 27.9. The van der Waals surface area contributed by atoms with Gasteiger partial charge in [0.2, 0.25) is 5.91 Å². The third-order valence-corrected chi connectivity index (χ3v) is 10.5. The molecule has 1 aromatic carbocycles. The fourth-order valence-electron chi connectivity index (χ4n) is 6.40. The number of hydrogen-bond donors (Lipinski definition) is 2. The van der Waals surface area contributed by atoms with Gasteiger partial charge < -0.3 is 16.0 Å². The minimum atomic E-state index is -0.482. The van der Waals surface area contributed by atoms with E-state index in [1.165, 1.54) is 40.2 Å². The fourth-order valence-corrected chi connectivity index (χ4v) is 7.81. The van der Waals surface area contributed by atoms with Crippen LogP contribution in [0.5, 0.6) is 0 Å². The molecular weight excluding hydrogens is 537 g/mol. The average Bonchev–Trinajstić information content (AvgIpc) is 3.71. The minimum Gasteiger partial charge on any atom is -0.354 e. The maximum Gasteiger partial charge on any atom is 0.264 e. The summed E-state index contributed by atoms with van der Waals surface area (Å²) in [6, 6.07) is 16.3. The molecule has 3 unspecified atom stereocenters. The van der Waals surface area contributed by atoms with E-state index in [0.717, 1.165) is 38.9 Å². The van der Waals surface area contributed by atoms with Crippen molar-refractivity contribution in [3.63, 3.8) is 0 Å². The third kappa shape index (κ3) is 7.21. The Morgan fingerprint density at radius 3 is 2.52 bits per heavy atom. The quantitative estimate of drug-likeness (QED) is 0.325. The molecule has 0 bridgehead atoms. The van der Waals surface area contributed by atoms with E-state index in [2.05, 4.69) is 58.9 Å². The lowest BCUT2D eigenvalue weighted by Gasteiger charge is -2.43. The van der Waals surface area contributed by atoms with Gasteiger partial charge in [-0.1, -0.05) is 42.8 Å². The van der Waals surface area contributed by atoms with Crippen molar-refractivity contribution in [1.29, 1.82) is 0 Å². The van der Waals surface area contributed by atoms with Crippen LogP contribution in [0.1, 0.15) is 64.2 Å². The van der Waals surface area contributed by atoms with Crippen LogP contribution in [0.15, 0.2) is 59.3 Å². The van der Waals surface area contributed by atoms with Gasteiger partial charge in [0.25, 0.3) is 5.91 Å². The highest BCUT2D eigenvalue weighted by Crippen LogP contribution is 2.30. The first kappa shape index (κ1) is 29.0. The molecule has 6 nitrogen and oxygen atoms in total. The van der Waals surface area contributed by atoms with Crippen molar-refractivity contribution in [3.05, 3.63) is 80.2 Å². The Hall–Kier alpha value is -2.52. The van der Waals surface area contributed by atoms with Crippen molar-refractivity contribution in [2.45, 2.75) is 70.6 Å². The Bertz CT molecular complexity index is 1230. The Morgan fingerprint density at radius 1 is 0.975 bits per heavy atom. The molecular formula is C32H42N4O2S2.